The molecule has 1 fully saturated rings. The molecule has 0 spiro atoms. The summed E-state index contributed by atoms with van der Waals surface area (Å²) < 4.78 is 16.7. The average Bonchev–Trinajstić information content (AvgIpc) is 2.87. The van der Waals surface area contributed by atoms with Crippen molar-refractivity contribution < 1.29 is 28.6 Å². The van der Waals surface area contributed by atoms with E-state index in [-0.39, 0.29) is 12.2 Å². The number of hydrogen-bond donors (Lipinski definition) is 1. The van der Waals surface area contributed by atoms with Gasteiger partial charge in [0.05, 0.1) is 19.4 Å². The maximum Gasteiger partial charge on any atom is 0.335 e. The smallest absolute Gasteiger partial charge is 0.335 e. The van der Waals surface area contributed by atoms with Crippen LogP contribution in [-0.4, -0.2) is 31.6 Å². The van der Waals surface area contributed by atoms with E-state index >= 15 is 0 Å². The van der Waals surface area contributed by atoms with Crippen molar-refractivity contribution in [2.75, 3.05) is 18.6 Å². The van der Waals surface area contributed by atoms with Gasteiger partial charge in [-0.25, -0.2) is 9.69 Å². The Morgan fingerprint density at radius 1 is 0.944 bits per heavy atom. The summed E-state index contributed by atoms with van der Waals surface area (Å²) in [5.74, 6) is -0.0486. The summed E-state index contributed by atoms with van der Waals surface area (Å²) in [4.78, 5) is 39.0. The zero-order chi connectivity index (χ0) is 25.7. The van der Waals surface area contributed by atoms with E-state index in [1.54, 1.807) is 48.5 Å². The fourth-order valence-electron chi connectivity index (χ4n) is 3.56. The molecule has 3 aromatic rings. The van der Waals surface area contributed by atoms with Crippen LogP contribution in [0, 0.1) is 0 Å². The van der Waals surface area contributed by atoms with Crippen molar-refractivity contribution in [1.82, 2.24) is 5.32 Å². The van der Waals surface area contributed by atoms with Crippen molar-refractivity contribution in [2.24, 2.45) is 0 Å². The minimum atomic E-state index is -0.828. The van der Waals surface area contributed by atoms with Crippen LogP contribution in [0.3, 0.4) is 0 Å². The van der Waals surface area contributed by atoms with Gasteiger partial charge in [0.2, 0.25) is 0 Å². The van der Waals surface area contributed by atoms with Gasteiger partial charge in [-0.1, -0.05) is 35.9 Å². The molecule has 0 saturated carbocycles. The quantitative estimate of drug-likeness (QED) is 0.341. The third-order valence-corrected chi connectivity index (χ3v) is 5.72. The number of amides is 4. The predicted molar refractivity (Wildman–Crippen MR) is 135 cm³/mol. The number of nitrogens with one attached hydrogen (secondary N) is 1. The van der Waals surface area contributed by atoms with Gasteiger partial charge in [0.15, 0.2) is 11.5 Å². The van der Waals surface area contributed by atoms with Gasteiger partial charge < -0.3 is 14.2 Å². The van der Waals surface area contributed by atoms with Crippen LogP contribution in [0.1, 0.15) is 18.1 Å². The Morgan fingerprint density at radius 2 is 1.69 bits per heavy atom. The van der Waals surface area contributed by atoms with Crippen LogP contribution in [-0.2, 0) is 16.2 Å². The molecule has 1 heterocycles. The summed E-state index contributed by atoms with van der Waals surface area (Å²) in [6.45, 7) is 2.45. The number of hydrogen-bond acceptors (Lipinski definition) is 6. The molecule has 0 unspecified atom stereocenters. The molecule has 0 radical (unpaired) electrons. The standard InChI is InChI=1S/C27H23ClN2O6/c1-3-35-24-15-17(8-13-23(24)36-16-18-6-4-5-7-22(18)28)14-21-25(31)29-27(33)30(26(21)32)19-9-11-20(34-2)12-10-19/h4-15H,3,16H2,1-2H3,(H,29,31,33)/b21-14+. The zero-order valence-electron chi connectivity index (χ0n) is 19.6. The van der Waals surface area contributed by atoms with Gasteiger partial charge in [-0.05, 0) is 61.0 Å². The lowest BCUT2D eigenvalue weighted by Gasteiger charge is -2.26. The fraction of sp³-hybridized carbons (Fsp3) is 0.148. The first-order valence-corrected chi connectivity index (χ1v) is 11.5. The van der Waals surface area contributed by atoms with E-state index < -0.39 is 17.8 Å². The van der Waals surface area contributed by atoms with E-state index in [9.17, 15) is 14.4 Å². The van der Waals surface area contributed by atoms with E-state index in [1.807, 2.05) is 25.1 Å². The zero-order valence-corrected chi connectivity index (χ0v) is 20.4. The third kappa shape index (κ3) is 5.34. The van der Waals surface area contributed by atoms with Gasteiger partial charge >= 0.3 is 6.03 Å². The van der Waals surface area contributed by atoms with Crippen molar-refractivity contribution in [1.29, 1.82) is 0 Å². The lowest BCUT2D eigenvalue weighted by Crippen LogP contribution is -2.54. The molecular formula is C27H23ClN2O6. The first-order chi connectivity index (χ1) is 17.4. The number of halogens is 1. The van der Waals surface area contributed by atoms with Crippen LogP contribution in [0.15, 0.2) is 72.3 Å². The topological polar surface area (TPSA) is 94.2 Å². The number of imide groups is 2. The summed E-state index contributed by atoms with van der Waals surface area (Å²) in [5.41, 5.74) is 1.44. The van der Waals surface area contributed by atoms with Crippen LogP contribution in [0.25, 0.3) is 6.08 Å². The molecule has 4 rings (SSSR count). The summed E-state index contributed by atoms with van der Waals surface area (Å²) in [7, 11) is 1.51. The minimum Gasteiger partial charge on any atom is -0.497 e. The Balaban J connectivity index is 1.61. The van der Waals surface area contributed by atoms with Crippen LogP contribution < -0.4 is 24.4 Å². The van der Waals surface area contributed by atoms with Crippen molar-refractivity contribution in [3.8, 4) is 17.2 Å². The fourth-order valence-corrected chi connectivity index (χ4v) is 3.75. The monoisotopic (exact) mass is 506 g/mol. The number of rotatable bonds is 8. The highest BCUT2D eigenvalue weighted by Gasteiger charge is 2.36. The maximum absolute atomic E-state index is 13.2. The van der Waals surface area contributed by atoms with Crippen molar-refractivity contribution in [2.45, 2.75) is 13.5 Å². The van der Waals surface area contributed by atoms with E-state index in [4.69, 9.17) is 25.8 Å². The summed E-state index contributed by atoms with van der Waals surface area (Å²) in [5, 5.41) is 2.80. The number of carbonyl (C=O) groups is 3. The second-order valence-electron chi connectivity index (χ2n) is 7.68. The highest BCUT2D eigenvalue weighted by atomic mass is 35.5. The highest BCUT2D eigenvalue weighted by Crippen LogP contribution is 2.31. The average molecular weight is 507 g/mol. The molecule has 1 N–H and O–H groups in total. The number of barbiturate groups is 1. The Hall–Kier alpha value is -4.30. The van der Waals surface area contributed by atoms with Crippen LogP contribution in [0.4, 0.5) is 10.5 Å². The molecule has 0 aromatic heterocycles. The molecule has 1 saturated heterocycles. The first-order valence-electron chi connectivity index (χ1n) is 11.1. The predicted octanol–water partition coefficient (Wildman–Crippen LogP) is 4.99. The van der Waals surface area contributed by atoms with Gasteiger partial charge in [0.25, 0.3) is 11.8 Å². The molecule has 36 heavy (non-hydrogen) atoms. The Labute approximate surface area is 213 Å². The highest BCUT2D eigenvalue weighted by molar-refractivity contribution is 6.39. The van der Waals surface area contributed by atoms with Gasteiger partial charge in [0, 0.05) is 10.6 Å². The number of nitrogens with zero attached hydrogens (tertiary/aromatic N) is 1. The van der Waals surface area contributed by atoms with E-state index in [1.165, 1.54) is 13.2 Å². The van der Waals surface area contributed by atoms with Crippen molar-refractivity contribution in [3.63, 3.8) is 0 Å². The summed E-state index contributed by atoms with van der Waals surface area (Å²) >= 11 is 6.21. The van der Waals surface area contributed by atoms with Crippen molar-refractivity contribution in [3.05, 3.63) is 88.5 Å². The van der Waals surface area contributed by atoms with Crippen LogP contribution in [0.2, 0.25) is 5.02 Å². The Morgan fingerprint density at radius 3 is 2.39 bits per heavy atom. The molecule has 0 aliphatic carbocycles. The number of urea groups is 1. The Kier molecular flexibility index (Phi) is 7.56. The molecule has 1 aliphatic rings. The minimum absolute atomic E-state index is 0.197. The lowest BCUT2D eigenvalue weighted by atomic mass is 10.1. The molecule has 0 bridgehead atoms. The number of benzene rings is 3. The second-order valence-corrected chi connectivity index (χ2v) is 8.08. The molecule has 9 heteroatoms. The van der Waals surface area contributed by atoms with E-state index in [0.29, 0.717) is 40.1 Å². The molecular weight excluding hydrogens is 484 g/mol. The van der Waals surface area contributed by atoms with Gasteiger partial charge in [-0.3, -0.25) is 14.9 Å². The van der Waals surface area contributed by atoms with Crippen molar-refractivity contribution >= 4 is 41.2 Å². The van der Waals surface area contributed by atoms with E-state index in [2.05, 4.69) is 5.32 Å². The summed E-state index contributed by atoms with van der Waals surface area (Å²) in [6.07, 6.45) is 1.40. The molecule has 184 valence electrons. The largest absolute Gasteiger partial charge is 0.497 e. The molecule has 8 nitrogen and oxygen atoms in total. The number of carbonyl (C=O) groups excluding carboxylic acids is 3. The molecule has 4 amide bonds. The SMILES string of the molecule is CCOc1cc(/C=C2\C(=O)NC(=O)N(c3ccc(OC)cc3)C2=O)ccc1OCc1ccccc1Cl. The third-order valence-electron chi connectivity index (χ3n) is 5.35. The molecule has 0 atom stereocenters. The Bertz CT molecular complexity index is 1340. The number of methoxy groups -OCH3 is 1. The van der Waals surface area contributed by atoms with Gasteiger partial charge in [0.1, 0.15) is 17.9 Å². The normalized spacial score (nSPS) is 14.6. The molecule has 1 aliphatic heterocycles. The van der Waals surface area contributed by atoms with Crippen LogP contribution in [0.5, 0.6) is 17.2 Å². The second kappa shape index (κ2) is 11.0. The van der Waals surface area contributed by atoms with Crippen LogP contribution >= 0.6 is 11.6 Å². The lowest BCUT2D eigenvalue weighted by molar-refractivity contribution is -0.122. The number of ether oxygens (including phenoxy) is 3. The first kappa shape index (κ1) is 24.8. The molecule has 3 aromatic carbocycles. The van der Waals surface area contributed by atoms with Gasteiger partial charge in [-0.15, -0.1) is 0 Å². The van der Waals surface area contributed by atoms with Gasteiger partial charge in [-0.2, -0.15) is 0 Å². The maximum atomic E-state index is 13.2. The summed E-state index contributed by atoms with van der Waals surface area (Å²) in [6, 6.07) is 17.9. The van der Waals surface area contributed by atoms with E-state index in [0.717, 1.165) is 10.5 Å². The number of anilines is 1.